The maximum Gasteiger partial charge on any atom is 0.346 e. The Morgan fingerprint density at radius 1 is 1.19 bits per heavy atom. The van der Waals surface area contributed by atoms with E-state index < -0.39 is 23.2 Å². The van der Waals surface area contributed by atoms with Crippen LogP contribution in [0.2, 0.25) is 5.02 Å². The SMILES string of the molecule is Cn1c(-c2ccc(F)cc2)nn(CC(=O)NCc2ccc(Cl)c(F)c2)c1=O. The first-order valence-electron chi connectivity index (χ1n) is 7.95. The van der Waals surface area contributed by atoms with Gasteiger partial charge in [0.2, 0.25) is 5.91 Å². The van der Waals surface area contributed by atoms with Crippen molar-refractivity contribution in [2.75, 3.05) is 0 Å². The van der Waals surface area contributed by atoms with E-state index in [9.17, 15) is 18.4 Å². The van der Waals surface area contributed by atoms with Crippen molar-refractivity contribution in [1.82, 2.24) is 19.7 Å². The molecule has 0 spiro atoms. The molecule has 0 saturated carbocycles. The molecule has 1 amide bonds. The molecule has 1 heterocycles. The van der Waals surface area contributed by atoms with Gasteiger partial charge in [0.25, 0.3) is 0 Å². The normalized spacial score (nSPS) is 10.8. The van der Waals surface area contributed by atoms with Crippen molar-refractivity contribution in [3.8, 4) is 11.4 Å². The van der Waals surface area contributed by atoms with Gasteiger partial charge in [0.15, 0.2) is 5.82 Å². The molecule has 2 aromatic carbocycles. The Labute approximate surface area is 158 Å². The largest absolute Gasteiger partial charge is 0.350 e. The average Bonchev–Trinajstić information content (AvgIpc) is 2.92. The van der Waals surface area contributed by atoms with Gasteiger partial charge >= 0.3 is 5.69 Å². The quantitative estimate of drug-likeness (QED) is 0.725. The Hall–Kier alpha value is -3.00. The molecule has 3 aromatic rings. The summed E-state index contributed by atoms with van der Waals surface area (Å²) in [6, 6.07) is 9.73. The summed E-state index contributed by atoms with van der Waals surface area (Å²) in [5.74, 6) is -1.13. The first-order valence-corrected chi connectivity index (χ1v) is 8.33. The van der Waals surface area contributed by atoms with Gasteiger partial charge in [-0.2, -0.15) is 0 Å². The molecule has 0 fully saturated rings. The molecule has 1 N–H and O–H groups in total. The summed E-state index contributed by atoms with van der Waals surface area (Å²) < 4.78 is 28.7. The summed E-state index contributed by atoms with van der Waals surface area (Å²) >= 11 is 5.61. The molecule has 0 saturated heterocycles. The van der Waals surface area contributed by atoms with Crippen LogP contribution < -0.4 is 11.0 Å². The second kappa shape index (κ2) is 7.71. The number of halogens is 3. The zero-order valence-electron chi connectivity index (χ0n) is 14.2. The number of hydrogen-bond acceptors (Lipinski definition) is 3. The Bertz CT molecular complexity index is 1040. The summed E-state index contributed by atoms with van der Waals surface area (Å²) in [5, 5.41) is 6.72. The standard InChI is InChI=1S/C18H15ClF2N4O2/c1-24-17(12-3-5-13(20)6-4-12)23-25(18(24)27)10-16(26)22-9-11-2-7-14(19)15(21)8-11/h2-8H,9-10H2,1H3,(H,22,26). The molecule has 0 atom stereocenters. The Morgan fingerprint density at radius 2 is 1.89 bits per heavy atom. The third-order valence-electron chi connectivity index (χ3n) is 3.91. The van der Waals surface area contributed by atoms with E-state index in [0.29, 0.717) is 17.0 Å². The molecular formula is C18H15ClF2N4O2. The molecule has 0 aliphatic rings. The average molecular weight is 393 g/mol. The molecule has 3 rings (SSSR count). The van der Waals surface area contributed by atoms with Crippen LogP contribution in [-0.2, 0) is 24.9 Å². The Kier molecular flexibility index (Phi) is 5.36. The van der Waals surface area contributed by atoms with E-state index in [1.807, 2.05) is 0 Å². The summed E-state index contributed by atoms with van der Waals surface area (Å²) in [5.41, 5.74) is 0.597. The number of nitrogens with one attached hydrogen (secondary N) is 1. The predicted octanol–water partition coefficient (Wildman–Crippen LogP) is 2.50. The van der Waals surface area contributed by atoms with E-state index in [1.54, 1.807) is 6.07 Å². The van der Waals surface area contributed by atoms with E-state index in [1.165, 1.54) is 48.0 Å². The number of carbonyl (C=O) groups excluding carboxylic acids is 1. The minimum absolute atomic E-state index is 0.00145. The third kappa shape index (κ3) is 4.22. The third-order valence-corrected chi connectivity index (χ3v) is 4.22. The molecule has 140 valence electrons. The van der Waals surface area contributed by atoms with Crippen LogP contribution >= 0.6 is 11.6 Å². The maximum absolute atomic E-state index is 13.4. The van der Waals surface area contributed by atoms with E-state index in [4.69, 9.17) is 11.6 Å². The van der Waals surface area contributed by atoms with E-state index in [2.05, 4.69) is 10.4 Å². The molecule has 0 radical (unpaired) electrons. The monoisotopic (exact) mass is 392 g/mol. The lowest BCUT2D eigenvalue weighted by Crippen LogP contribution is -2.33. The van der Waals surface area contributed by atoms with Gasteiger partial charge in [-0.3, -0.25) is 9.36 Å². The highest BCUT2D eigenvalue weighted by molar-refractivity contribution is 6.30. The van der Waals surface area contributed by atoms with Gasteiger partial charge < -0.3 is 5.32 Å². The Morgan fingerprint density at radius 3 is 2.56 bits per heavy atom. The lowest BCUT2D eigenvalue weighted by atomic mass is 10.2. The summed E-state index contributed by atoms with van der Waals surface area (Å²) in [6.07, 6.45) is 0. The van der Waals surface area contributed by atoms with Crippen molar-refractivity contribution in [2.45, 2.75) is 13.1 Å². The van der Waals surface area contributed by atoms with E-state index in [0.717, 1.165) is 4.68 Å². The van der Waals surface area contributed by atoms with Crippen molar-refractivity contribution in [1.29, 1.82) is 0 Å². The van der Waals surface area contributed by atoms with E-state index >= 15 is 0 Å². The summed E-state index contributed by atoms with van der Waals surface area (Å²) in [7, 11) is 1.51. The predicted molar refractivity (Wildman–Crippen MR) is 96.1 cm³/mol. The van der Waals surface area contributed by atoms with Crippen molar-refractivity contribution in [2.24, 2.45) is 7.05 Å². The fourth-order valence-electron chi connectivity index (χ4n) is 2.48. The van der Waals surface area contributed by atoms with Crippen molar-refractivity contribution in [3.05, 3.63) is 75.2 Å². The van der Waals surface area contributed by atoms with Crippen LogP contribution in [0.25, 0.3) is 11.4 Å². The van der Waals surface area contributed by atoms with E-state index in [-0.39, 0.29) is 18.1 Å². The van der Waals surface area contributed by atoms with Crippen LogP contribution in [0.5, 0.6) is 0 Å². The van der Waals surface area contributed by atoms with Gasteiger partial charge in [0.05, 0.1) is 5.02 Å². The molecule has 27 heavy (non-hydrogen) atoms. The lowest BCUT2D eigenvalue weighted by Gasteiger charge is -2.05. The second-order valence-corrected chi connectivity index (χ2v) is 6.26. The van der Waals surface area contributed by atoms with Crippen LogP contribution in [-0.4, -0.2) is 20.3 Å². The molecule has 0 unspecified atom stereocenters. The van der Waals surface area contributed by atoms with Crippen molar-refractivity contribution >= 4 is 17.5 Å². The molecule has 0 aliphatic carbocycles. The smallest absolute Gasteiger partial charge is 0.346 e. The van der Waals surface area contributed by atoms with Crippen LogP contribution in [0.1, 0.15) is 5.56 Å². The number of nitrogens with zero attached hydrogens (tertiary/aromatic N) is 3. The second-order valence-electron chi connectivity index (χ2n) is 5.85. The topological polar surface area (TPSA) is 68.9 Å². The molecular weight excluding hydrogens is 378 g/mol. The lowest BCUT2D eigenvalue weighted by molar-refractivity contribution is -0.122. The number of benzene rings is 2. The summed E-state index contributed by atoms with van der Waals surface area (Å²) in [4.78, 5) is 24.4. The summed E-state index contributed by atoms with van der Waals surface area (Å²) in [6.45, 7) is -0.219. The van der Waals surface area contributed by atoms with Gasteiger partial charge in [-0.15, -0.1) is 5.10 Å². The minimum Gasteiger partial charge on any atom is -0.350 e. The van der Waals surface area contributed by atoms with Gasteiger partial charge in [-0.1, -0.05) is 17.7 Å². The zero-order chi connectivity index (χ0) is 19.6. The number of hydrogen-bond donors (Lipinski definition) is 1. The van der Waals surface area contributed by atoms with Crippen LogP contribution in [0.4, 0.5) is 8.78 Å². The highest BCUT2D eigenvalue weighted by atomic mass is 35.5. The molecule has 9 heteroatoms. The number of aromatic nitrogens is 3. The maximum atomic E-state index is 13.4. The molecule has 1 aromatic heterocycles. The van der Waals surface area contributed by atoms with Crippen LogP contribution in [0.15, 0.2) is 47.3 Å². The van der Waals surface area contributed by atoms with Crippen molar-refractivity contribution < 1.29 is 13.6 Å². The fraction of sp³-hybridized carbons (Fsp3) is 0.167. The first kappa shape index (κ1) is 18.8. The van der Waals surface area contributed by atoms with Crippen molar-refractivity contribution in [3.63, 3.8) is 0 Å². The van der Waals surface area contributed by atoms with Gasteiger partial charge in [0.1, 0.15) is 18.2 Å². The highest BCUT2D eigenvalue weighted by Gasteiger charge is 2.14. The van der Waals surface area contributed by atoms with Gasteiger partial charge in [-0.05, 0) is 42.0 Å². The zero-order valence-corrected chi connectivity index (χ0v) is 15.0. The number of amides is 1. The van der Waals surface area contributed by atoms with Crippen LogP contribution in [0.3, 0.4) is 0 Å². The van der Waals surface area contributed by atoms with Gasteiger partial charge in [-0.25, -0.2) is 18.3 Å². The minimum atomic E-state index is -0.576. The number of carbonyl (C=O) groups is 1. The van der Waals surface area contributed by atoms with Gasteiger partial charge in [0, 0.05) is 19.2 Å². The Balaban J connectivity index is 1.70. The highest BCUT2D eigenvalue weighted by Crippen LogP contribution is 2.16. The molecule has 0 bridgehead atoms. The molecule has 6 nitrogen and oxygen atoms in total. The first-order chi connectivity index (χ1) is 12.8. The fourth-order valence-corrected chi connectivity index (χ4v) is 2.60. The number of rotatable bonds is 5. The molecule has 0 aliphatic heterocycles. The van der Waals surface area contributed by atoms with Crippen LogP contribution in [0, 0.1) is 11.6 Å².